The smallest absolute Gasteiger partial charge is 0.338 e. The summed E-state index contributed by atoms with van der Waals surface area (Å²) in [5.41, 5.74) is 0.140. The van der Waals surface area contributed by atoms with Gasteiger partial charge in [0.1, 0.15) is 12.2 Å². The number of ether oxygens (including phenoxy) is 2. The van der Waals surface area contributed by atoms with Crippen molar-refractivity contribution < 1.29 is 24.2 Å². The first-order chi connectivity index (χ1) is 8.98. The molecule has 0 bridgehead atoms. The number of benzene rings is 1. The number of carbonyl (C=O) groups is 2. The monoisotopic (exact) mass is 264 g/mol. The Morgan fingerprint density at radius 2 is 1.84 bits per heavy atom. The number of esters is 1. The van der Waals surface area contributed by atoms with Crippen LogP contribution in [0.3, 0.4) is 0 Å². The number of carbonyl (C=O) groups excluding carboxylic acids is 1. The lowest BCUT2D eigenvalue weighted by molar-refractivity contribution is 0.0389. The van der Waals surface area contributed by atoms with E-state index in [-0.39, 0.29) is 23.9 Å². The second-order valence-corrected chi connectivity index (χ2v) is 4.64. The Hall–Kier alpha value is -1.88. The predicted octanol–water partition coefficient (Wildman–Crippen LogP) is 2.11. The zero-order valence-corrected chi connectivity index (χ0v) is 10.9. The molecule has 2 rings (SSSR count). The Bertz CT molecular complexity index is 489. The number of carboxylic acids is 1. The van der Waals surface area contributed by atoms with Crippen LogP contribution >= 0.6 is 0 Å². The van der Waals surface area contributed by atoms with E-state index in [1.807, 2.05) is 13.8 Å². The molecule has 0 saturated carbocycles. The van der Waals surface area contributed by atoms with Gasteiger partial charge in [-0.3, -0.25) is 0 Å². The van der Waals surface area contributed by atoms with Gasteiger partial charge in [0.05, 0.1) is 17.2 Å². The van der Waals surface area contributed by atoms with Crippen molar-refractivity contribution in [2.24, 2.45) is 0 Å². The Labute approximate surface area is 111 Å². The van der Waals surface area contributed by atoms with Gasteiger partial charge >= 0.3 is 11.9 Å². The third-order valence-corrected chi connectivity index (χ3v) is 3.51. The minimum Gasteiger partial charge on any atom is -0.478 e. The van der Waals surface area contributed by atoms with Crippen molar-refractivity contribution in [3.63, 3.8) is 0 Å². The molecule has 1 aromatic carbocycles. The van der Waals surface area contributed by atoms with Crippen molar-refractivity contribution in [2.75, 3.05) is 6.61 Å². The zero-order valence-electron chi connectivity index (χ0n) is 10.9. The topological polar surface area (TPSA) is 76.1 Å². The molecule has 0 aliphatic carbocycles. The fraction of sp³-hybridized carbons (Fsp3) is 0.429. The van der Waals surface area contributed by atoms with E-state index in [2.05, 4.69) is 0 Å². The van der Waals surface area contributed by atoms with Crippen LogP contribution in [0.25, 0.3) is 0 Å². The summed E-state index contributed by atoms with van der Waals surface area (Å²) < 4.78 is 10.6. The van der Waals surface area contributed by atoms with Crippen molar-refractivity contribution in [3.05, 3.63) is 35.4 Å². The summed E-state index contributed by atoms with van der Waals surface area (Å²) in [5.74, 6) is -1.49. The molecule has 19 heavy (non-hydrogen) atoms. The lowest BCUT2D eigenvalue weighted by atomic mass is 10.0. The summed E-state index contributed by atoms with van der Waals surface area (Å²) in [4.78, 5) is 22.5. The third-order valence-electron chi connectivity index (χ3n) is 3.51. The van der Waals surface area contributed by atoms with Crippen LogP contribution < -0.4 is 0 Å². The molecular weight excluding hydrogens is 248 g/mol. The van der Waals surface area contributed by atoms with E-state index in [1.165, 1.54) is 24.3 Å². The van der Waals surface area contributed by atoms with Crippen molar-refractivity contribution >= 4 is 11.9 Å². The fourth-order valence-corrected chi connectivity index (χ4v) is 1.96. The molecule has 2 atom stereocenters. The molecule has 1 aromatic rings. The second-order valence-electron chi connectivity index (χ2n) is 4.64. The maximum Gasteiger partial charge on any atom is 0.338 e. The van der Waals surface area contributed by atoms with Gasteiger partial charge in [0, 0.05) is 0 Å². The number of epoxide rings is 1. The maximum atomic E-state index is 11.8. The van der Waals surface area contributed by atoms with Gasteiger partial charge < -0.3 is 14.6 Å². The summed E-state index contributed by atoms with van der Waals surface area (Å²) in [7, 11) is 0. The molecule has 1 aliphatic rings. The van der Waals surface area contributed by atoms with E-state index in [1.54, 1.807) is 0 Å². The van der Waals surface area contributed by atoms with E-state index in [9.17, 15) is 9.59 Å². The zero-order chi connectivity index (χ0) is 14.0. The molecular formula is C14H16O5. The van der Waals surface area contributed by atoms with Crippen molar-refractivity contribution in [2.45, 2.75) is 32.0 Å². The standard InChI is InChI=1S/C14H16O5/c1-3-14(9(2)19-14)8-18-13(17)11-6-4-10(5-7-11)12(15)16/h4-7,9H,3,8H2,1-2H3,(H,15,16). The first-order valence-corrected chi connectivity index (χ1v) is 6.17. The molecule has 5 heteroatoms. The second kappa shape index (κ2) is 5.01. The summed E-state index contributed by atoms with van der Waals surface area (Å²) >= 11 is 0. The molecule has 0 radical (unpaired) electrons. The summed E-state index contributed by atoms with van der Waals surface area (Å²) in [5, 5.41) is 8.76. The molecule has 0 spiro atoms. The van der Waals surface area contributed by atoms with Gasteiger partial charge in [0.15, 0.2) is 0 Å². The Balaban J connectivity index is 1.95. The van der Waals surface area contributed by atoms with Crippen LogP contribution in [-0.2, 0) is 9.47 Å². The first kappa shape index (κ1) is 13.5. The summed E-state index contributed by atoms with van der Waals surface area (Å²) in [6.45, 7) is 4.15. The van der Waals surface area contributed by atoms with Crippen LogP contribution in [-0.4, -0.2) is 35.4 Å². The van der Waals surface area contributed by atoms with Crippen LogP contribution in [0.2, 0.25) is 0 Å². The molecule has 1 saturated heterocycles. The largest absolute Gasteiger partial charge is 0.478 e. The van der Waals surface area contributed by atoms with Gasteiger partial charge in [-0.1, -0.05) is 6.92 Å². The van der Waals surface area contributed by atoms with Gasteiger partial charge in [-0.05, 0) is 37.6 Å². The molecule has 1 fully saturated rings. The molecule has 102 valence electrons. The van der Waals surface area contributed by atoms with Crippen LogP contribution in [0.15, 0.2) is 24.3 Å². The van der Waals surface area contributed by atoms with E-state index < -0.39 is 11.9 Å². The van der Waals surface area contributed by atoms with Gasteiger partial charge in [-0.2, -0.15) is 0 Å². The molecule has 5 nitrogen and oxygen atoms in total. The molecule has 1 N–H and O–H groups in total. The van der Waals surface area contributed by atoms with E-state index >= 15 is 0 Å². The van der Waals surface area contributed by atoms with Crippen LogP contribution in [0, 0.1) is 0 Å². The summed E-state index contributed by atoms with van der Waals surface area (Å²) in [6.07, 6.45) is 0.902. The molecule has 0 aromatic heterocycles. The highest BCUT2D eigenvalue weighted by atomic mass is 16.6. The van der Waals surface area contributed by atoms with Crippen molar-refractivity contribution in [1.82, 2.24) is 0 Å². The van der Waals surface area contributed by atoms with Crippen LogP contribution in [0.4, 0.5) is 0 Å². The minimum absolute atomic E-state index is 0.111. The lowest BCUT2D eigenvalue weighted by Gasteiger charge is -2.10. The van der Waals surface area contributed by atoms with Crippen LogP contribution in [0.5, 0.6) is 0 Å². The third kappa shape index (κ3) is 2.76. The molecule has 0 amide bonds. The first-order valence-electron chi connectivity index (χ1n) is 6.17. The molecule has 1 aliphatic heterocycles. The van der Waals surface area contributed by atoms with E-state index in [0.29, 0.717) is 5.56 Å². The van der Waals surface area contributed by atoms with Crippen molar-refractivity contribution in [3.8, 4) is 0 Å². The van der Waals surface area contributed by atoms with Crippen molar-refractivity contribution in [1.29, 1.82) is 0 Å². The lowest BCUT2D eigenvalue weighted by Crippen LogP contribution is -2.23. The minimum atomic E-state index is -1.02. The fourth-order valence-electron chi connectivity index (χ4n) is 1.96. The van der Waals surface area contributed by atoms with Gasteiger partial charge in [-0.25, -0.2) is 9.59 Å². The highest BCUT2D eigenvalue weighted by Gasteiger charge is 2.52. The summed E-state index contributed by atoms with van der Waals surface area (Å²) in [6, 6.07) is 5.65. The van der Waals surface area contributed by atoms with E-state index in [0.717, 1.165) is 6.42 Å². The molecule has 2 unspecified atom stereocenters. The van der Waals surface area contributed by atoms with Gasteiger partial charge in [0.2, 0.25) is 0 Å². The average Bonchev–Trinajstić information content (AvgIpc) is 3.07. The number of aromatic carboxylic acids is 1. The average molecular weight is 264 g/mol. The number of rotatable bonds is 5. The predicted molar refractivity (Wildman–Crippen MR) is 67.3 cm³/mol. The Kier molecular flexibility index (Phi) is 3.57. The normalized spacial score (nSPS) is 24.8. The SMILES string of the molecule is CCC1(COC(=O)c2ccc(C(=O)O)cc2)OC1C. The quantitative estimate of drug-likeness (QED) is 0.651. The maximum absolute atomic E-state index is 11.8. The number of carboxylic acid groups (broad SMARTS) is 1. The number of hydrogen-bond acceptors (Lipinski definition) is 4. The highest BCUT2D eigenvalue weighted by Crippen LogP contribution is 2.39. The van der Waals surface area contributed by atoms with Crippen LogP contribution in [0.1, 0.15) is 41.0 Å². The molecule has 1 heterocycles. The van der Waals surface area contributed by atoms with Gasteiger partial charge in [0.25, 0.3) is 0 Å². The number of hydrogen-bond donors (Lipinski definition) is 1. The van der Waals surface area contributed by atoms with E-state index in [4.69, 9.17) is 14.6 Å². The Morgan fingerprint density at radius 3 is 2.26 bits per heavy atom. The highest BCUT2D eigenvalue weighted by molar-refractivity contribution is 5.92. The van der Waals surface area contributed by atoms with Gasteiger partial charge in [-0.15, -0.1) is 0 Å². The Morgan fingerprint density at radius 1 is 1.32 bits per heavy atom.